The molecule has 0 radical (unpaired) electrons. The van der Waals surface area contributed by atoms with Gasteiger partial charge in [0.05, 0.1) is 0 Å². The summed E-state index contributed by atoms with van der Waals surface area (Å²) in [6.07, 6.45) is 2.46. The fourth-order valence-corrected chi connectivity index (χ4v) is 1.77. The Morgan fingerprint density at radius 3 is 2.73 bits per heavy atom. The van der Waals surface area contributed by atoms with E-state index in [4.69, 9.17) is 4.42 Å². The molecule has 0 unspecified atom stereocenters. The van der Waals surface area contributed by atoms with E-state index in [9.17, 15) is 0 Å². The molecule has 1 heterocycles. The lowest BCUT2D eigenvalue weighted by atomic mass is 10.3. The van der Waals surface area contributed by atoms with Crippen molar-refractivity contribution in [3.05, 3.63) is 28.6 Å². The van der Waals surface area contributed by atoms with E-state index in [0.717, 1.165) is 21.5 Å². The number of benzene rings is 1. The Hall–Kier alpha value is -0.830. The lowest BCUT2D eigenvalue weighted by Crippen LogP contribution is -1.75. The molecule has 1 fully saturated rings. The smallest absolute Gasteiger partial charge is 0.198 e. The van der Waals surface area contributed by atoms with Gasteiger partial charge in [-0.3, -0.25) is 0 Å². The molecule has 80 valence electrons. The molecule has 0 bridgehead atoms. The highest BCUT2D eigenvalue weighted by Crippen LogP contribution is 2.40. The van der Waals surface area contributed by atoms with Crippen LogP contribution < -0.4 is 0 Å². The van der Waals surface area contributed by atoms with Crippen LogP contribution in [0.5, 0.6) is 0 Å². The number of hydrogen-bond acceptors (Lipinski definition) is 2. The Bertz CT molecular complexity index is 460. The van der Waals surface area contributed by atoms with Crippen molar-refractivity contribution in [2.75, 3.05) is 0 Å². The van der Waals surface area contributed by atoms with Gasteiger partial charge in [-0.2, -0.15) is 0 Å². The Morgan fingerprint density at radius 1 is 1.33 bits per heavy atom. The first-order chi connectivity index (χ1) is 7.33. The third-order valence-electron chi connectivity index (χ3n) is 2.29. The molecule has 1 aromatic carbocycles. The minimum Gasteiger partial charge on any atom is -0.440 e. The summed E-state index contributed by atoms with van der Waals surface area (Å²) in [5.41, 5.74) is 1.85. The molecule has 2 aromatic rings. The lowest BCUT2D eigenvalue weighted by Gasteiger charge is -1.86. The maximum absolute atomic E-state index is 5.62. The van der Waals surface area contributed by atoms with Gasteiger partial charge in [-0.1, -0.05) is 29.8 Å². The molecule has 1 aliphatic carbocycles. The van der Waals surface area contributed by atoms with Crippen molar-refractivity contribution in [1.82, 2.24) is 4.98 Å². The monoisotopic (exact) mass is 267 g/mol. The van der Waals surface area contributed by atoms with Crippen LogP contribution in [0.3, 0.4) is 0 Å². The number of halogens is 1. The van der Waals surface area contributed by atoms with Gasteiger partial charge >= 0.3 is 0 Å². The second kappa shape index (κ2) is 4.35. The number of oxazole rings is 1. The molecule has 1 aromatic heterocycles. The van der Waals surface area contributed by atoms with Crippen LogP contribution in [0.2, 0.25) is 0 Å². The maximum atomic E-state index is 5.62. The average molecular weight is 268 g/mol. The predicted molar refractivity (Wildman–Crippen MR) is 65.0 cm³/mol. The number of nitrogens with zero attached hydrogens (tertiary/aromatic N) is 1. The van der Waals surface area contributed by atoms with Crippen molar-refractivity contribution >= 4 is 27.0 Å². The van der Waals surface area contributed by atoms with E-state index in [2.05, 4.69) is 20.9 Å². The lowest BCUT2D eigenvalue weighted by molar-refractivity contribution is 0.533. The number of aromatic nitrogens is 1. The molecule has 0 saturated heterocycles. The van der Waals surface area contributed by atoms with E-state index in [1.54, 1.807) is 0 Å². The van der Waals surface area contributed by atoms with Crippen LogP contribution in [0.1, 0.15) is 38.5 Å². The predicted octanol–water partition coefficient (Wildman–Crippen LogP) is 4.49. The first-order valence-corrected chi connectivity index (χ1v) is 6.18. The Balaban J connectivity index is 0.000000404. The van der Waals surface area contributed by atoms with E-state index in [-0.39, 0.29) is 0 Å². The fraction of sp³-hybridized carbons (Fsp3) is 0.417. The number of fused-ring (bicyclic) bond motifs is 1. The Morgan fingerprint density at radius 2 is 2.07 bits per heavy atom. The van der Waals surface area contributed by atoms with Crippen LogP contribution >= 0.6 is 15.9 Å². The van der Waals surface area contributed by atoms with Crippen LogP contribution in [-0.2, 0) is 0 Å². The molecule has 1 aliphatic rings. The molecule has 15 heavy (non-hydrogen) atoms. The van der Waals surface area contributed by atoms with Crippen molar-refractivity contribution < 1.29 is 4.42 Å². The fourth-order valence-electron chi connectivity index (χ4n) is 1.42. The van der Waals surface area contributed by atoms with Gasteiger partial charge in [0, 0.05) is 10.4 Å². The first kappa shape index (κ1) is 10.7. The van der Waals surface area contributed by atoms with Gasteiger partial charge in [-0.25, -0.2) is 4.98 Å². The Labute approximate surface area is 97.8 Å². The highest BCUT2D eigenvalue weighted by atomic mass is 79.9. The van der Waals surface area contributed by atoms with Crippen molar-refractivity contribution in [2.24, 2.45) is 0 Å². The highest BCUT2D eigenvalue weighted by Gasteiger charge is 2.28. The van der Waals surface area contributed by atoms with Gasteiger partial charge in [0.2, 0.25) is 0 Å². The topological polar surface area (TPSA) is 26.0 Å². The van der Waals surface area contributed by atoms with Crippen molar-refractivity contribution in [3.63, 3.8) is 0 Å². The average Bonchev–Trinajstić information content (AvgIpc) is 3.02. The summed E-state index contributed by atoms with van der Waals surface area (Å²) in [6.45, 7) is 4.00. The van der Waals surface area contributed by atoms with Gasteiger partial charge in [0.1, 0.15) is 5.52 Å². The molecular formula is C12H14BrNO. The molecule has 0 N–H and O–H groups in total. The zero-order valence-corrected chi connectivity index (χ0v) is 10.5. The summed E-state index contributed by atoms with van der Waals surface area (Å²) in [7, 11) is 0. The summed E-state index contributed by atoms with van der Waals surface area (Å²) in [5.74, 6) is 1.50. The van der Waals surface area contributed by atoms with Crippen LogP contribution in [0, 0.1) is 0 Å². The number of rotatable bonds is 1. The van der Waals surface area contributed by atoms with Gasteiger partial charge in [0.25, 0.3) is 0 Å². The van der Waals surface area contributed by atoms with E-state index in [1.807, 2.05) is 32.0 Å². The van der Waals surface area contributed by atoms with Crippen molar-refractivity contribution in [1.29, 1.82) is 0 Å². The molecule has 3 heteroatoms. The van der Waals surface area contributed by atoms with E-state index < -0.39 is 0 Å². The minimum atomic E-state index is 0.589. The second-order valence-corrected chi connectivity index (χ2v) is 4.35. The quantitative estimate of drug-likeness (QED) is 0.761. The van der Waals surface area contributed by atoms with Crippen molar-refractivity contribution in [3.8, 4) is 0 Å². The normalized spacial score (nSPS) is 14.9. The van der Waals surface area contributed by atoms with Gasteiger partial charge in [-0.15, -0.1) is 0 Å². The largest absolute Gasteiger partial charge is 0.440 e. The van der Waals surface area contributed by atoms with Crippen LogP contribution in [-0.4, -0.2) is 4.98 Å². The Kier molecular flexibility index (Phi) is 3.10. The summed E-state index contributed by atoms with van der Waals surface area (Å²) < 4.78 is 6.67. The molecule has 1 saturated carbocycles. The second-order valence-electron chi connectivity index (χ2n) is 3.44. The van der Waals surface area contributed by atoms with Gasteiger partial charge in [-0.05, 0) is 31.0 Å². The molecule has 0 atom stereocenters. The summed E-state index contributed by atoms with van der Waals surface area (Å²) in [5, 5.41) is 0. The SMILES string of the molecule is Brc1ccc2oc(C3CC3)nc2c1.CC. The highest BCUT2D eigenvalue weighted by molar-refractivity contribution is 9.10. The molecule has 3 rings (SSSR count). The number of hydrogen-bond donors (Lipinski definition) is 0. The maximum Gasteiger partial charge on any atom is 0.198 e. The first-order valence-electron chi connectivity index (χ1n) is 5.39. The van der Waals surface area contributed by atoms with E-state index in [1.165, 1.54) is 12.8 Å². The molecule has 0 amide bonds. The van der Waals surface area contributed by atoms with Crippen LogP contribution in [0.25, 0.3) is 11.1 Å². The standard InChI is InChI=1S/C10H8BrNO.C2H6/c11-7-3-4-9-8(5-7)12-10(13-9)6-1-2-6;1-2/h3-6H,1-2H2;1-2H3. The molecular weight excluding hydrogens is 254 g/mol. The van der Waals surface area contributed by atoms with Crippen LogP contribution in [0.4, 0.5) is 0 Å². The van der Waals surface area contributed by atoms with Crippen LogP contribution in [0.15, 0.2) is 27.1 Å². The summed E-state index contributed by atoms with van der Waals surface area (Å²) in [6, 6.07) is 5.92. The molecule has 0 spiro atoms. The summed E-state index contributed by atoms with van der Waals surface area (Å²) >= 11 is 3.41. The van der Waals surface area contributed by atoms with Gasteiger partial charge in [0.15, 0.2) is 11.5 Å². The van der Waals surface area contributed by atoms with E-state index in [0.29, 0.717) is 5.92 Å². The third kappa shape index (κ3) is 2.23. The van der Waals surface area contributed by atoms with Crippen molar-refractivity contribution in [2.45, 2.75) is 32.6 Å². The third-order valence-corrected chi connectivity index (χ3v) is 2.79. The van der Waals surface area contributed by atoms with Gasteiger partial charge < -0.3 is 4.42 Å². The molecule has 0 aliphatic heterocycles. The zero-order chi connectivity index (χ0) is 10.8. The minimum absolute atomic E-state index is 0.589. The zero-order valence-electron chi connectivity index (χ0n) is 8.96. The van der Waals surface area contributed by atoms with E-state index >= 15 is 0 Å². The summed E-state index contributed by atoms with van der Waals surface area (Å²) in [4.78, 5) is 4.44. The molecule has 2 nitrogen and oxygen atoms in total.